The van der Waals surface area contributed by atoms with Gasteiger partial charge in [0.05, 0.1) is 12.2 Å². The van der Waals surface area contributed by atoms with Crippen LogP contribution in [0.1, 0.15) is 11.8 Å². The van der Waals surface area contributed by atoms with Crippen molar-refractivity contribution in [2.24, 2.45) is 0 Å². The summed E-state index contributed by atoms with van der Waals surface area (Å²) in [5.74, 6) is -0.983. The molecule has 0 aromatic carbocycles. The Morgan fingerprint density at radius 1 is 1.56 bits per heavy atom. The first kappa shape index (κ1) is 12.8. The van der Waals surface area contributed by atoms with Gasteiger partial charge in [-0.05, 0) is 18.4 Å². The van der Waals surface area contributed by atoms with Crippen LogP contribution in [0.5, 0.6) is 0 Å². The second-order valence-electron chi connectivity index (χ2n) is 2.79. The summed E-state index contributed by atoms with van der Waals surface area (Å²) in [5.41, 5.74) is -0.971. The molecule has 16 heavy (non-hydrogen) atoms. The summed E-state index contributed by atoms with van der Waals surface area (Å²) < 4.78 is 42.3. The Morgan fingerprint density at radius 3 is 2.69 bits per heavy atom. The highest BCUT2D eigenvalue weighted by Gasteiger charge is 2.36. The van der Waals surface area contributed by atoms with Gasteiger partial charge >= 0.3 is 12.1 Å². The quantitative estimate of drug-likeness (QED) is 0.608. The summed E-state index contributed by atoms with van der Waals surface area (Å²) >= 11 is 0.922. The third-order valence-corrected chi connectivity index (χ3v) is 2.54. The fourth-order valence-corrected chi connectivity index (χ4v) is 1.79. The Bertz CT molecular complexity index is 379. The van der Waals surface area contributed by atoms with Crippen LogP contribution in [-0.2, 0) is 9.53 Å². The summed E-state index contributed by atoms with van der Waals surface area (Å²) in [4.78, 5) is 11.0. The van der Waals surface area contributed by atoms with Gasteiger partial charge in [0, 0.05) is 11.0 Å². The molecular weight excluding hydrogens is 241 g/mol. The summed E-state index contributed by atoms with van der Waals surface area (Å²) in [5, 5.41) is 1.51. The van der Waals surface area contributed by atoms with Crippen molar-refractivity contribution in [3.63, 3.8) is 0 Å². The molecule has 1 aromatic rings. The first-order chi connectivity index (χ1) is 7.45. The minimum atomic E-state index is -4.56. The molecule has 1 rings (SSSR count). The van der Waals surface area contributed by atoms with Gasteiger partial charge in [0.1, 0.15) is 0 Å². The molecule has 1 heterocycles. The highest BCUT2D eigenvalue weighted by molar-refractivity contribution is 7.11. The van der Waals surface area contributed by atoms with Crippen molar-refractivity contribution in [2.75, 3.05) is 6.61 Å². The van der Waals surface area contributed by atoms with E-state index >= 15 is 0 Å². The maximum absolute atomic E-state index is 12.6. The molecule has 1 aromatic heterocycles. The topological polar surface area (TPSA) is 26.3 Å². The molecule has 88 valence electrons. The van der Waals surface area contributed by atoms with Gasteiger partial charge in [-0.25, -0.2) is 4.79 Å². The van der Waals surface area contributed by atoms with E-state index < -0.39 is 17.7 Å². The Labute approximate surface area is 94.3 Å². The van der Waals surface area contributed by atoms with Crippen molar-refractivity contribution in [2.45, 2.75) is 13.1 Å². The molecule has 0 aliphatic carbocycles. The van der Waals surface area contributed by atoms with E-state index in [9.17, 15) is 18.0 Å². The van der Waals surface area contributed by atoms with E-state index in [1.54, 1.807) is 0 Å². The van der Waals surface area contributed by atoms with Gasteiger partial charge in [0.2, 0.25) is 0 Å². The van der Waals surface area contributed by atoms with Crippen molar-refractivity contribution in [1.82, 2.24) is 0 Å². The Morgan fingerprint density at radius 2 is 2.25 bits per heavy atom. The minimum absolute atomic E-state index is 0.000512. The van der Waals surface area contributed by atoms with Crippen molar-refractivity contribution < 1.29 is 22.7 Å². The highest BCUT2D eigenvalue weighted by Crippen LogP contribution is 2.35. The van der Waals surface area contributed by atoms with Gasteiger partial charge in [0.25, 0.3) is 0 Å². The number of ether oxygens (including phenoxy) is 1. The first-order valence-corrected chi connectivity index (χ1v) is 5.32. The number of hydrogen-bond donors (Lipinski definition) is 0. The lowest BCUT2D eigenvalue weighted by Gasteiger charge is -2.09. The van der Waals surface area contributed by atoms with Gasteiger partial charge in [-0.15, -0.1) is 11.3 Å². The first-order valence-electron chi connectivity index (χ1n) is 4.44. The zero-order chi connectivity index (χ0) is 12.2. The number of carbonyl (C=O) groups is 1. The van der Waals surface area contributed by atoms with Gasteiger partial charge in [-0.2, -0.15) is 13.2 Å². The van der Waals surface area contributed by atoms with Crippen molar-refractivity contribution in [3.8, 4) is 0 Å². The maximum atomic E-state index is 12.6. The number of hydrogen-bond acceptors (Lipinski definition) is 3. The molecule has 0 aliphatic rings. The molecule has 0 unspecified atom stereocenters. The molecule has 0 spiro atoms. The van der Waals surface area contributed by atoms with Crippen LogP contribution in [-0.4, -0.2) is 18.8 Å². The van der Waals surface area contributed by atoms with Crippen molar-refractivity contribution >= 4 is 22.9 Å². The third kappa shape index (κ3) is 3.37. The van der Waals surface area contributed by atoms with Crippen LogP contribution in [0.2, 0.25) is 0 Å². The zero-order valence-corrected chi connectivity index (χ0v) is 9.19. The molecule has 0 radical (unpaired) electrons. The van der Waals surface area contributed by atoms with Gasteiger partial charge in [-0.1, -0.05) is 6.07 Å². The lowest BCUT2D eigenvalue weighted by Crippen LogP contribution is -2.12. The second-order valence-corrected chi connectivity index (χ2v) is 3.73. The average molecular weight is 250 g/mol. The minimum Gasteiger partial charge on any atom is -0.463 e. The fourth-order valence-electron chi connectivity index (χ4n) is 1.03. The van der Waals surface area contributed by atoms with Crippen LogP contribution in [0.4, 0.5) is 13.2 Å². The van der Waals surface area contributed by atoms with E-state index in [1.807, 2.05) is 0 Å². The summed E-state index contributed by atoms with van der Waals surface area (Å²) in [6.07, 6.45) is -4.08. The normalized spacial score (nSPS) is 12.6. The molecule has 0 aliphatic heterocycles. The standard InChI is InChI=1S/C10H9F3O2S/c1-2-15-9(14)6-7(10(11,12)13)8-4-3-5-16-8/h3-6H,2H2,1H3/b7-6-. The SMILES string of the molecule is CCOC(=O)/C=C(/c1cccs1)C(F)(F)F. The van der Waals surface area contributed by atoms with Gasteiger partial charge in [-0.3, -0.25) is 0 Å². The lowest BCUT2D eigenvalue weighted by atomic mass is 10.2. The molecule has 2 nitrogen and oxygen atoms in total. The molecule has 0 fully saturated rings. The van der Waals surface area contributed by atoms with Gasteiger partial charge < -0.3 is 4.74 Å². The Balaban J connectivity index is 3.02. The number of allylic oxidation sites excluding steroid dienone is 1. The van der Waals surface area contributed by atoms with E-state index in [0.717, 1.165) is 11.3 Å². The van der Waals surface area contributed by atoms with Crippen LogP contribution in [0.3, 0.4) is 0 Å². The number of thiophene rings is 1. The fraction of sp³-hybridized carbons (Fsp3) is 0.300. The van der Waals surface area contributed by atoms with Crippen LogP contribution >= 0.6 is 11.3 Å². The number of rotatable bonds is 3. The summed E-state index contributed by atoms with van der Waals surface area (Å²) in [7, 11) is 0. The van der Waals surface area contributed by atoms with E-state index in [4.69, 9.17) is 0 Å². The third-order valence-electron chi connectivity index (χ3n) is 1.64. The summed E-state index contributed by atoms with van der Waals surface area (Å²) in [6.45, 7) is 1.58. The van der Waals surface area contributed by atoms with E-state index in [-0.39, 0.29) is 11.5 Å². The summed E-state index contributed by atoms with van der Waals surface area (Å²) in [6, 6.07) is 2.80. The molecular formula is C10H9F3O2S. The lowest BCUT2D eigenvalue weighted by molar-refractivity contribution is -0.137. The smallest absolute Gasteiger partial charge is 0.418 e. The monoisotopic (exact) mass is 250 g/mol. The van der Waals surface area contributed by atoms with Gasteiger partial charge in [0.15, 0.2) is 0 Å². The van der Waals surface area contributed by atoms with E-state index in [0.29, 0.717) is 6.08 Å². The number of alkyl halides is 3. The Kier molecular flexibility index (Phi) is 4.12. The maximum Gasteiger partial charge on any atom is 0.418 e. The Hall–Kier alpha value is -1.30. The highest BCUT2D eigenvalue weighted by atomic mass is 32.1. The van der Waals surface area contributed by atoms with Crippen LogP contribution in [0, 0.1) is 0 Å². The molecule has 0 saturated carbocycles. The molecule has 0 atom stereocenters. The molecule has 0 N–H and O–H groups in total. The van der Waals surface area contributed by atoms with Crippen LogP contribution in [0.25, 0.3) is 5.57 Å². The van der Waals surface area contributed by atoms with Crippen LogP contribution < -0.4 is 0 Å². The predicted molar refractivity (Wildman–Crippen MR) is 55.0 cm³/mol. The second kappa shape index (κ2) is 5.16. The molecule has 0 saturated heterocycles. The average Bonchev–Trinajstić information content (AvgIpc) is 2.65. The molecule has 6 heteroatoms. The predicted octanol–water partition coefficient (Wildman–Crippen LogP) is 3.26. The van der Waals surface area contributed by atoms with E-state index in [1.165, 1.54) is 24.4 Å². The molecule has 0 bridgehead atoms. The van der Waals surface area contributed by atoms with Crippen LogP contribution in [0.15, 0.2) is 23.6 Å². The molecule has 0 amide bonds. The number of esters is 1. The largest absolute Gasteiger partial charge is 0.463 e. The zero-order valence-electron chi connectivity index (χ0n) is 8.38. The van der Waals surface area contributed by atoms with Crippen molar-refractivity contribution in [3.05, 3.63) is 28.5 Å². The van der Waals surface area contributed by atoms with E-state index in [2.05, 4.69) is 4.74 Å². The van der Waals surface area contributed by atoms with Crippen molar-refractivity contribution in [1.29, 1.82) is 0 Å². The number of carbonyl (C=O) groups excluding carboxylic acids is 1. The number of halogens is 3.